The molecule has 0 atom stereocenters. The van der Waals surface area contributed by atoms with Crippen LogP contribution in [0.5, 0.6) is 0 Å². The van der Waals surface area contributed by atoms with Gasteiger partial charge in [-0.15, -0.1) is 11.3 Å². The van der Waals surface area contributed by atoms with E-state index in [9.17, 15) is 4.79 Å². The maximum Gasteiger partial charge on any atom is 0.365 e. The molecular formula is C12H8ClN3O2S. The molecule has 7 heteroatoms. The Balaban J connectivity index is 2.04. The van der Waals surface area contributed by atoms with E-state index >= 15 is 0 Å². The summed E-state index contributed by atoms with van der Waals surface area (Å²) in [5.74, 6) is -1.03. The SMILES string of the molecule is N#Cc1ccc(NCc2csc(C(=O)O)n2)cc1Cl. The van der Waals surface area contributed by atoms with Gasteiger partial charge in [0.2, 0.25) is 5.01 Å². The summed E-state index contributed by atoms with van der Waals surface area (Å²) in [5, 5.41) is 22.7. The summed E-state index contributed by atoms with van der Waals surface area (Å²) < 4.78 is 0. The summed E-state index contributed by atoms with van der Waals surface area (Å²) >= 11 is 6.99. The van der Waals surface area contributed by atoms with E-state index in [2.05, 4.69) is 10.3 Å². The molecule has 1 heterocycles. The molecule has 1 aromatic heterocycles. The fraction of sp³-hybridized carbons (Fsp3) is 0.0833. The molecule has 0 aliphatic heterocycles. The first-order valence-corrected chi connectivity index (χ1v) is 6.47. The third-order valence-corrected chi connectivity index (χ3v) is 3.49. The maximum absolute atomic E-state index is 10.7. The number of anilines is 1. The summed E-state index contributed by atoms with van der Waals surface area (Å²) in [6.45, 7) is 0.395. The van der Waals surface area contributed by atoms with Crippen molar-refractivity contribution in [2.24, 2.45) is 0 Å². The van der Waals surface area contributed by atoms with Gasteiger partial charge in [-0.2, -0.15) is 5.26 Å². The highest BCUT2D eigenvalue weighted by Gasteiger charge is 2.08. The second-order valence-corrected chi connectivity index (χ2v) is 4.87. The van der Waals surface area contributed by atoms with Crippen molar-refractivity contribution < 1.29 is 9.90 Å². The van der Waals surface area contributed by atoms with E-state index in [0.717, 1.165) is 17.0 Å². The lowest BCUT2D eigenvalue weighted by Crippen LogP contribution is -2.01. The predicted molar refractivity (Wildman–Crippen MR) is 72.6 cm³/mol. The number of rotatable bonds is 4. The van der Waals surface area contributed by atoms with Crippen molar-refractivity contribution in [1.82, 2.24) is 4.98 Å². The fourth-order valence-electron chi connectivity index (χ4n) is 1.39. The summed E-state index contributed by atoms with van der Waals surface area (Å²) in [6, 6.07) is 6.97. The highest BCUT2D eigenvalue weighted by molar-refractivity contribution is 7.11. The highest BCUT2D eigenvalue weighted by atomic mass is 35.5. The van der Waals surface area contributed by atoms with Gasteiger partial charge in [0.25, 0.3) is 0 Å². The number of thiazole rings is 1. The van der Waals surface area contributed by atoms with E-state index < -0.39 is 5.97 Å². The Morgan fingerprint density at radius 1 is 1.58 bits per heavy atom. The van der Waals surface area contributed by atoms with Gasteiger partial charge in [0, 0.05) is 11.1 Å². The fourth-order valence-corrected chi connectivity index (χ4v) is 2.27. The van der Waals surface area contributed by atoms with Crippen LogP contribution in [0.1, 0.15) is 21.1 Å². The van der Waals surface area contributed by atoms with Crippen LogP contribution in [-0.4, -0.2) is 16.1 Å². The smallest absolute Gasteiger partial charge is 0.365 e. The van der Waals surface area contributed by atoms with E-state index in [1.165, 1.54) is 0 Å². The first-order chi connectivity index (χ1) is 9.10. The van der Waals surface area contributed by atoms with Crippen molar-refractivity contribution in [3.05, 3.63) is 44.9 Å². The molecule has 0 aliphatic carbocycles. The zero-order valence-corrected chi connectivity index (χ0v) is 11.1. The molecule has 0 spiro atoms. The van der Waals surface area contributed by atoms with E-state index in [-0.39, 0.29) is 5.01 Å². The zero-order valence-electron chi connectivity index (χ0n) is 9.55. The van der Waals surface area contributed by atoms with Crippen LogP contribution >= 0.6 is 22.9 Å². The molecule has 0 amide bonds. The third kappa shape index (κ3) is 3.22. The molecular weight excluding hydrogens is 286 g/mol. The number of nitrogens with one attached hydrogen (secondary N) is 1. The number of aromatic nitrogens is 1. The van der Waals surface area contributed by atoms with Gasteiger partial charge in [-0.25, -0.2) is 9.78 Å². The Bertz CT molecular complexity index is 663. The molecule has 0 saturated heterocycles. The molecule has 2 aromatic rings. The van der Waals surface area contributed by atoms with Crippen LogP contribution < -0.4 is 5.32 Å². The number of hydrogen-bond donors (Lipinski definition) is 2. The predicted octanol–water partition coefficient (Wildman–Crippen LogP) is 2.98. The van der Waals surface area contributed by atoms with E-state index in [1.807, 2.05) is 6.07 Å². The van der Waals surface area contributed by atoms with Gasteiger partial charge >= 0.3 is 5.97 Å². The van der Waals surface area contributed by atoms with Gasteiger partial charge in [-0.3, -0.25) is 0 Å². The summed E-state index contributed by atoms with van der Waals surface area (Å²) in [7, 11) is 0. The molecule has 0 unspecified atom stereocenters. The van der Waals surface area contributed by atoms with Gasteiger partial charge in [-0.1, -0.05) is 11.6 Å². The highest BCUT2D eigenvalue weighted by Crippen LogP contribution is 2.21. The molecule has 96 valence electrons. The number of carboxylic acids is 1. The molecule has 0 fully saturated rings. The largest absolute Gasteiger partial charge is 0.476 e. The second kappa shape index (κ2) is 5.69. The molecule has 0 bridgehead atoms. The Labute approximate surface area is 118 Å². The van der Waals surface area contributed by atoms with Crippen LogP contribution in [0, 0.1) is 11.3 Å². The molecule has 2 N–H and O–H groups in total. The Morgan fingerprint density at radius 3 is 2.95 bits per heavy atom. The van der Waals surface area contributed by atoms with Gasteiger partial charge in [0.1, 0.15) is 6.07 Å². The van der Waals surface area contributed by atoms with Gasteiger partial charge in [-0.05, 0) is 18.2 Å². The molecule has 0 radical (unpaired) electrons. The lowest BCUT2D eigenvalue weighted by molar-refractivity contribution is 0.0696. The number of hydrogen-bond acceptors (Lipinski definition) is 5. The molecule has 0 aliphatic rings. The number of nitriles is 1. The van der Waals surface area contributed by atoms with Crippen molar-refractivity contribution in [2.45, 2.75) is 6.54 Å². The number of carboxylic acid groups (broad SMARTS) is 1. The Kier molecular flexibility index (Phi) is 4.00. The van der Waals surface area contributed by atoms with Gasteiger partial charge < -0.3 is 10.4 Å². The first-order valence-electron chi connectivity index (χ1n) is 5.21. The number of halogens is 1. The lowest BCUT2D eigenvalue weighted by atomic mass is 10.2. The van der Waals surface area contributed by atoms with Crippen molar-refractivity contribution >= 4 is 34.6 Å². The zero-order chi connectivity index (χ0) is 13.8. The molecule has 1 aromatic carbocycles. The van der Waals surface area contributed by atoms with Crippen LogP contribution in [0.3, 0.4) is 0 Å². The van der Waals surface area contributed by atoms with E-state index in [0.29, 0.717) is 22.8 Å². The summed E-state index contributed by atoms with van der Waals surface area (Å²) in [5.41, 5.74) is 1.80. The minimum absolute atomic E-state index is 0.0645. The molecule has 19 heavy (non-hydrogen) atoms. The van der Waals surface area contributed by atoms with Gasteiger partial charge in [0.05, 0.1) is 22.8 Å². The summed E-state index contributed by atoms with van der Waals surface area (Å²) in [6.07, 6.45) is 0. The van der Waals surface area contributed by atoms with Crippen molar-refractivity contribution in [3.63, 3.8) is 0 Å². The number of benzene rings is 1. The van der Waals surface area contributed by atoms with Crippen LogP contribution in [0.25, 0.3) is 0 Å². The standard InChI is InChI=1S/C12H8ClN3O2S/c13-10-3-8(2-1-7(10)4-14)15-5-9-6-19-11(16-9)12(17)18/h1-3,6,15H,5H2,(H,17,18). The first kappa shape index (κ1) is 13.3. The van der Waals surface area contributed by atoms with E-state index in [4.69, 9.17) is 22.0 Å². The van der Waals surface area contributed by atoms with Crippen molar-refractivity contribution in [2.75, 3.05) is 5.32 Å². The number of nitrogens with zero attached hydrogens (tertiary/aromatic N) is 2. The van der Waals surface area contributed by atoms with Crippen molar-refractivity contribution in [1.29, 1.82) is 5.26 Å². The Hall–Kier alpha value is -2.10. The maximum atomic E-state index is 10.7. The molecule has 0 saturated carbocycles. The number of aromatic carboxylic acids is 1. The van der Waals surface area contributed by atoms with Crippen LogP contribution in [-0.2, 0) is 6.54 Å². The normalized spacial score (nSPS) is 9.89. The lowest BCUT2D eigenvalue weighted by Gasteiger charge is -2.05. The van der Waals surface area contributed by atoms with Crippen LogP contribution in [0.4, 0.5) is 5.69 Å². The van der Waals surface area contributed by atoms with Crippen LogP contribution in [0.15, 0.2) is 23.6 Å². The quantitative estimate of drug-likeness (QED) is 0.905. The topological polar surface area (TPSA) is 86.0 Å². The second-order valence-electron chi connectivity index (χ2n) is 3.61. The van der Waals surface area contributed by atoms with Crippen LogP contribution in [0.2, 0.25) is 5.02 Å². The molecule has 5 nitrogen and oxygen atoms in total. The average Bonchev–Trinajstić information content (AvgIpc) is 2.85. The number of carbonyl (C=O) groups is 1. The van der Waals surface area contributed by atoms with Crippen molar-refractivity contribution in [3.8, 4) is 6.07 Å². The van der Waals surface area contributed by atoms with E-state index in [1.54, 1.807) is 23.6 Å². The summed E-state index contributed by atoms with van der Waals surface area (Å²) in [4.78, 5) is 14.6. The minimum Gasteiger partial charge on any atom is -0.476 e. The van der Waals surface area contributed by atoms with Gasteiger partial charge in [0.15, 0.2) is 0 Å². The third-order valence-electron chi connectivity index (χ3n) is 2.30. The minimum atomic E-state index is -1.03. The Morgan fingerprint density at radius 2 is 2.37 bits per heavy atom. The average molecular weight is 294 g/mol. The monoisotopic (exact) mass is 293 g/mol. The molecule has 2 rings (SSSR count).